The fraction of sp³-hybridized carbons (Fsp3) is 0.562. The molecule has 14 heteroatoms. The predicted octanol–water partition coefficient (Wildman–Crippen LogP) is -2.22. The molecule has 2 aromatic heterocycles. The van der Waals surface area contributed by atoms with Gasteiger partial charge in [-0.2, -0.15) is 0 Å². The third-order valence-electron chi connectivity index (χ3n) is 4.74. The number of hydrogen-bond acceptors (Lipinski definition) is 10. The van der Waals surface area contributed by atoms with Gasteiger partial charge >= 0.3 is 12.0 Å². The molecule has 0 bridgehead atoms. The van der Waals surface area contributed by atoms with Crippen molar-refractivity contribution >= 4 is 29.0 Å². The van der Waals surface area contributed by atoms with E-state index >= 15 is 0 Å². The van der Waals surface area contributed by atoms with E-state index in [9.17, 15) is 30.0 Å². The fourth-order valence-electron chi connectivity index (χ4n) is 3.08. The molecule has 30 heavy (non-hydrogen) atoms. The number of anilines is 1. The lowest BCUT2D eigenvalue weighted by atomic mass is 10.1. The van der Waals surface area contributed by atoms with Gasteiger partial charge < -0.3 is 35.6 Å². The Bertz CT molecular complexity index is 922. The summed E-state index contributed by atoms with van der Waals surface area (Å²) in [7, 11) is 0. The number of aromatic nitrogens is 4. The lowest BCUT2D eigenvalue weighted by Gasteiger charge is -2.19. The average molecular weight is 426 g/mol. The van der Waals surface area contributed by atoms with Crippen LogP contribution in [0.2, 0.25) is 0 Å². The van der Waals surface area contributed by atoms with Crippen LogP contribution in [0.5, 0.6) is 0 Å². The molecule has 0 radical (unpaired) electrons. The van der Waals surface area contributed by atoms with E-state index in [2.05, 4.69) is 25.6 Å². The van der Waals surface area contributed by atoms with E-state index in [0.717, 1.165) is 6.33 Å². The van der Waals surface area contributed by atoms with Gasteiger partial charge in [0.1, 0.15) is 24.6 Å². The molecular weight excluding hydrogens is 404 g/mol. The summed E-state index contributed by atoms with van der Waals surface area (Å²) in [5, 5.41) is 52.8. The second kappa shape index (κ2) is 8.85. The van der Waals surface area contributed by atoms with Gasteiger partial charge in [0.25, 0.3) is 0 Å². The molecular formula is C16H22N6O8. The third-order valence-corrected chi connectivity index (χ3v) is 4.74. The normalized spacial score (nSPS) is 25.8. The van der Waals surface area contributed by atoms with Gasteiger partial charge in [-0.25, -0.2) is 24.5 Å². The first-order chi connectivity index (χ1) is 14.3. The van der Waals surface area contributed by atoms with E-state index in [1.807, 2.05) is 0 Å². The Morgan fingerprint density at radius 1 is 1.27 bits per heavy atom. The molecule has 1 aliphatic rings. The first-order valence-electron chi connectivity index (χ1n) is 9.06. The molecule has 14 nitrogen and oxygen atoms in total. The Morgan fingerprint density at radius 3 is 2.60 bits per heavy atom. The SMILES string of the molecule is CCC(O)C(NC(=O)Nc1ncnc2c1ncn2[C@@H]1O[C@H](CO)[C@H](O)C1O)C(=O)O. The molecule has 3 unspecified atom stereocenters. The summed E-state index contributed by atoms with van der Waals surface area (Å²) in [6.07, 6.45) is -3.58. The number of carbonyl (C=O) groups excluding carboxylic acids is 1. The van der Waals surface area contributed by atoms with Crippen LogP contribution in [0.15, 0.2) is 12.7 Å². The van der Waals surface area contributed by atoms with Crippen LogP contribution < -0.4 is 10.6 Å². The number of aliphatic hydroxyl groups excluding tert-OH is 4. The number of carboxylic acids is 1. The Balaban J connectivity index is 1.82. The summed E-state index contributed by atoms with van der Waals surface area (Å²) < 4.78 is 6.76. The number of urea groups is 1. The summed E-state index contributed by atoms with van der Waals surface area (Å²) in [4.78, 5) is 35.5. The van der Waals surface area contributed by atoms with Crippen LogP contribution in [-0.4, -0.2) is 94.1 Å². The van der Waals surface area contributed by atoms with E-state index < -0.39 is 55.3 Å². The van der Waals surface area contributed by atoms with Crippen molar-refractivity contribution in [2.45, 2.75) is 50.0 Å². The first-order valence-corrected chi connectivity index (χ1v) is 9.06. The zero-order chi connectivity index (χ0) is 22.0. The average Bonchev–Trinajstić information content (AvgIpc) is 3.27. The molecule has 164 valence electrons. The summed E-state index contributed by atoms with van der Waals surface area (Å²) >= 11 is 0. The van der Waals surface area contributed by atoms with E-state index in [1.54, 1.807) is 6.92 Å². The van der Waals surface area contributed by atoms with Gasteiger partial charge in [-0.1, -0.05) is 6.92 Å². The maximum Gasteiger partial charge on any atom is 0.328 e. The van der Waals surface area contributed by atoms with Crippen molar-refractivity contribution in [3.63, 3.8) is 0 Å². The lowest BCUT2D eigenvalue weighted by Crippen LogP contribution is -2.50. The first kappa shape index (κ1) is 21.8. The van der Waals surface area contributed by atoms with Gasteiger partial charge in [0, 0.05) is 0 Å². The van der Waals surface area contributed by atoms with E-state index in [0.29, 0.717) is 0 Å². The molecule has 7 N–H and O–H groups in total. The number of nitrogens with one attached hydrogen (secondary N) is 2. The van der Waals surface area contributed by atoms with Crippen molar-refractivity contribution < 1.29 is 39.9 Å². The highest BCUT2D eigenvalue weighted by Crippen LogP contribution is 2.32. The van der Waals surface area contributed by atoms with Crippen molar-refractivity contribution in [2.75, 3.05) is 11.9 Å². The Hall–Kier alpha value is -2.91. The van der Waals surface area contributed by atoms with Crippen molar-refractivity contribution in [3.8, 4) is 0 Å². The molecule has 3 heterocycles. The molecule has 6 atom stereocenters. The zero-order valence-corrected chi connectivity index (χ0v) is 15.8. The van der Waals surface area contributed by atoms with Gasteiger partial charge in [-0.3, -0.25) is 9.88 Å². The van der Waals surface area contributed by atoms with Gasteiger partial charge in [0.05, 0.1) is 19.0 Å². The topological polar surface area (TPSA) is 212 Å². The van der Waals surface area contributed by atoms with Crippen LogP contribution >= 0.6 is 0 Å². The van der Waals surface area contributed by atoms with Gasteiger partial charge in [-0.05, 0) is 6.42 Å². The summed E-state index contributed by atoms with van der Waals surface area (Å²) in [5.74, 6) is -1.46. The molecule has 1 fully saturated rings. The number of rotatable bonds is 7. The molecule has 0 aromatic carbocycles. The van der Waals surface area contributed by atoms with E-state index in [-0.39, 0.29) is 23.4 Å². The highest BCUT2D eigenvalue weighted by Gasteiger charge is 2.44. The van der Waals surface area contributed by atoms with Gasteiger partial charge in [0.2, 0.25) is 0 Å². The number of fused-ring (bicyclic) bond motifs is 1. The number of carbonyl (C=O) groups is 2. The molecule has 3 rings (SSSR count). The monoisotopic (exact) mass is 426 g/mol. The predicted molar refractivity (Wildman–Crippen MR) is 98.2 cm³/mol. The van der Waals surface area contributed by atoms with Crippen LogP contribution in [0.3, 0.4) is 0 Å². The van der Waals surface area contributed by atoms with Crippen molar-refractivity contribution in [1.82, 2.24) is 24.8 Å². The number of hydrogen-bond donors (Lipinski definition) is 7. The molecule has 2 amide bonds. The van der Waals surface area contributed by atoms with E-state index in [1.165, 1.54) is 10.9 Å². The standard InChI is InChI=1S/C16H22N6O8/c1-2-6(24)8(15(27)28)20-16(29)21-12-9-13(18-4-17-12)22(5-19-9)14-11(26)10(25)7(3-23)30-14/h4-8,10-11,14,23-26H,2-3H2,1H3,(H,27,28)(H2,17,18,20,21,29)/t6?,7-,8?,10+,11?,14-/m1/s1. The Labute approximate surface area is 169 Å². The van der Waals surface area contributed by atoms with Crippen molar-refractivity contribution in [1.29, 1.82) is 0 Å². The zero-order valence-electron chi connectivity index (χ0n) is 15.8. The number of nitrogens with zero attached hydrogens (tertiary/aromatic N) is 4. The molecule has 1 aliphatic heterocycles. The second-order valence-electron chi connectivity index (χ2n) is 6.67. The lowest BCUT2D eigenvalue weighted by molar-refractivity contribution is -0.142. The Kier molecular flexibility index (Phi) is 6.42. The van der Waals surface area contributed by atoms with Crippen LogP contribution in [-0.2, 0) is 9.53 Å². The smallest absolute Gasteiger partial charge is 0.328 e. The van der Waals surface area contributed by atoms with Crippen LogP contribution in [0.25, 0.3) is 11.2 Å². The number of aliphatic carboxylic acids is 1. The Morgan fingerprint density at radius 2 is 2.00 bits per heavy atom. The van der Waals surface area contributed by atoms with Crippen molar-refractivity contribution in [3.05, 3.63) is 12.7 Å². The minimum atomic E-state index is -1.52. The van der Waals surface area contributed by atoms with E-state index in [4.69, 9.17) is 9.84 Å². The third kappa shape index (κ3) is 4.03. The number of imidazole rings is 1. The van der Waals surface area contributed by atoms with Crippen LogP contribution in [0, 0.1) is 0 Å². The number of carboxylic acid groups (broad SMARTS) is 1. The molecule has 0 spiro atoms. The maximum absolute atomic E-state index is 12.2. The highest BCUT2D eigenvalue weighted by atomic mass is 16.6. The molecule has 0 aliphatic carbocycles. The molecule has 1 saturated heterocycles. The summed E-state index contributed by atoms with van der Waals surface area (Å²) in [6, 6.07) is -2.46. The number of aliphatic hydroxyl groups is 4. The molecule has 0 saturated carbocycles. The minimum absolute atomic E-state index is 0.0573. The van der Waals surface area contributed by atoms with Crippen LogP contribution in [0.1, 0.15) is 19.6 Å². The largest absolute Gasteiger partial charge is 0.480 e. The number of ether oxygens (including phenoxy) is 1. The number of amides is 2. The maximum atomic E-state index is 12.2. The van der Waals surface area contributed by atoms with Crippen LogP contribution in [0.4, 0.5) is 10.6 Å². The fourth-order valence-corrected chi connectivity index (χ4v) is 3.08. The second-order valence-corrected chi connectivity index (χ2v) is 6.67. The summed E-state index contributed by atoms with van der Waals surface area (Å²) in [5.41, 5.74) is 0.256. The van der Waals surface area contributed by atoms with Gasteiger partial charge in [0.15, 0.2) is 29.3 Å². The minimum Gasteiger partial charge on any atom is -0.480 e. The highest BCUT2D eigenvalue weighted by molar-refractivity contribution is 5.97. The molecule has 2 aromatic rings. The van der Waals surface area contributed by atoms with Gasteiger partial charge in [-0.15, -0.1) is 0 Å². The summed E-state index contributed by atoms with van der Waals surface area (Å²) in [6.45, 7) is 1.07. The quantitative estimate of drug-likeness (QED) is 0.252. The van der Waals surface area contributed by atoms with Crippen molar-refractivity contribution in [2.24, 2.45) is 0 Å².